The number of hydrogen-bond donors (Lipinski definition) is 0. The van der Waals surface area contributed by atoms with E-state index in [1.807, 2.05) is 0 Å². The molecule has 0 amide bonds. The molecule has 0 aromatic heterocycles. The summed E-state index contributed by atoms with van der Waals surface area (Å²) in [6.07, 6.45) is 3.10. The maximum Gasteiger partial charge on any atom is 0.343 e. The zero-order chi connectivity index (χ0) is 23.1. The minimum atomic E-state index is -0.578. The summed E-state index contributed by atoms with van der Waals surface area (Å²) in [5, 5.41) is 0.563. The van der Waals surface area contributed by atoms with Crippen LogP contribution in [0.25, 0.3) is 6.08 Å². The summed E-state index contributed by atoms with van der Waals surface area (Å²) in [6.45, 7) is 0. The number of benzene rings is 3. The molecule has 0 radical (unpaired) electrons. The Morgan fingerprint density at radius 2 is 1.31 bits per heavy atom. The van der Waals surface area contributed by atoms with Gasteiger partial charge in [-0.2, -0.15) is 0 Å². The summed E-state index contributed by atoms with van der Waals surface area (Å²) in [5.74, 6) is 0.772. The molecule has 3 rings (SSSR count). The van der Waals surface area contributed by atoms with Crippen LogP contribution in [0.15, 0.2) is 66.7 Å². The summed E-state index contributed by atoms with van der Waals surface area (Å²) < 4.78 is 21.2. The van der Waals surface area contributed by atoms with E-state index in [9.17, 15) is 9.59 Å². The number of ketones is 1. The maximum atomic E-state index is 12.6. The molecule has 0 bridgehead atoms. The van der Waals surface area contributed by atoms with Crippen LogP contribution in [0.5, 0.6) is 23.0 Å². The van der Waals surface area contributed by atoms with E-state index in [1.165, 1.54) is 33.5 Å². The van der Waals surface area contributed by atoms with Gasteiger partial charge < -0.3 is 18.9 Å². The molecular weight excluding hydrogens is 432 g/mol. The Labute approximate surface area is 190 Å². The van der Waals surface area contributed by atoms with Gasteiger partial charge in [0.2, 0.25) is 0 Å². The van der Waals surface area contributed by atoms with Gasteiger partial charge in [-0.15, -0.1) is 0 Å². The number of methoxy groups -OCH3 is 3. The molecule has 6 nitrogen and oxygen atoms in total. The molecule has 0 saturated carbocycles. The molecule has 32 heavy (non-hydrogen) atoms. The molecule has 3 aromatic rings. The van der Waals surface area contributed by atoms with Gasteiger partial charge in [0, 0.05) is 10.6 Å². The van der Waals surface area contributed by atoms with Crippen molar-refractivity contribution in [2.75, 3.05) is 21.3 Å². The van der Waals surface area contributed by atoms with Crippen molar-refractivity contribution in [2.45, 2.75) is 0 Å². The average Bonchev–Trinajstić information content (AvgIpc) is 2.82. The zero-order valence-corrected chi connectivity index (χ0v) is 18.5. The predicted octanol–water partition coefficient (Wildman–Crippen LogP) is 5.48. The Bertz CT molecular complexity index is 1150. The highest BCUT2D eigenvalue weighted by Gasteiger charge is 2.15. The summed E-state index contributed by atoms with van der Waals surface area (Å²) in [5.41, 5.74) is 1.52. The van der Waals surface area contributed by atoms with E-state index < -0.39 is 5.97 Å². The zero-order valence-electron chi connectivity index (χ0n) is 17.8. The van der Waals surface area contributed by atoms with Gasteiger partial charge in [-0.05, 0) is 66.2 Å². The molecule has 0 saturated heterocycles. The molecule has 0 fully saturated rings. The van der Waals surface area contributed by atoms with Crippen molar-refractivity contribution < 1.29 is 28.5 Å². The van der Waals surface area contributed by atoms with Crippen molar-refractivity contribution in [3.8, 4) is 23.0 Å². The van der Waals surface area contributed by atoms with Gasteiger partial charge in [0.25, 0.3) is 0 Å². The van der Waals surface area contributed by atoms with Gasteiger partial charge in [-0.1, -0.05) is 23.7 Å². The second kappa shape index (κ2) is 10.5. The molecule has 0 unspecified atom stereocenters. The number of carbonyl (C=O) groups is 2. The molecule has 0 aliphatic heterocycles. The highest BCUT2D eigenvalue weighted by molar-refractivity contribution is 6.30. The van der Waals surface area contributed by atoms with Crippen molar-refractivity contribution in [3.63, 3.8) is 0 Å². The summed E-state index contributed by atoms with van der Waals surface area (Å²) in [4.78, 5) is 24.9. The van der Waals surface area contributed by atoms with Gasteiger partial charge in [-0.25, -0.2) is 4.79 Å². The fraction of sp³-hybridized carbons (Fsp3) is 0.120. The van der Waals surface area contributed by atoms with Crippen LogP contribution >= 0.6 is 11.6 Å². The lowest BCUT2D eigenvalue weighted by Gasteiger charge is -2.12. The summed E-state index contributed by atoms with van der Waals surface area (Å²) >= 11 is 5.85. The van der Waals surface area contributed by atoms with Crippen LogP contribution in [0.3, 0.4) is 0 Å². The first-order valence-electron chi connectivity index (χ1n) is 9.55. The first kappa shape index (κ1) is 22.9. The lowest BCUT2D eigenvalue weighted by molar-refractivity contribution is 0.0729. The Hall–Kier alpha value is -3.77. The monoisotopic (exact) mass is 452 g/mol. The number of hydrogen-bond acceptors (Lipinski definition) is 6. The van der Waals surface area contributed by atoms with Crippen LogP contribution in [0, 0.1) is 0 Å². The molecule has 0 N–H and O–H groups in total. The number of allylic oxidation sites excluding steroid dienone is 1. The number of carbonyl (C=O) groups excluding carboxylic acids is 2. The maximum absolute atomic E-state index is 12.6. The predicted molar refractivity (Wildman–Crippen MR) is 122 cm³/mol. The van der Waals surface area contributed by atoms with Crippen LogP contribution in [-0.4, -0.2) is 33.1 Å². The fourth-order valence-electron chi connectivity index (χ4n) is 2.88. The molecule has 0 atom stereocenters. The van der Waals surface area contributed by atoms with E-state index in [1.54, 1.807) is 60.7 Å². The number of esters is 1. The third kappa shape index (κ3) is 5.47. The van der Waals surface area contributed by atoms with E-state index in [2.05, 4.69) is 0 Å². The average molecular weight is 453 g/mol. The Morgan fingerprint density at radius 1 is 0.719 bits per heavy atom. The normalized spacial score (nSPS) is 10.6. The second-order valence-corrected chi connectivity index (χ2v) is 7.01. The second-order valence-electron chi connectivity index (χ2n) is 6.57. The van der Waals surface area contributed by atoms with Crippen LogP contribution in [0.1, 0.15) is 26.3 Å². The Kier molecular flexibility index (Phi) is 7.52. The molecular formula is C25H21ClO6. The minimum Gasteiger partial charge on any atom is -0.493 e. The standard InChI is InChI=1S/C25H21ClO6/c1-29-21-13-8-18(15-24(21)31-3)25(28)32-22-12-5-16(14-23(22)30-2)4-11-20(27)17-6-9-19(26)10-7-17/h4-15H,1-3H3/b11-4+. The third-order valence-electron chi connectivity index (χ3n) is 4.57. The highest BCUT2D eigenvalue weighted by atomic mass is 35.5. The van der Waals surface area contributed by atoms with Crippen LogP contribution < -0.4 is 18.9 Å². The van der Waals surface area contributed by atoms with Crippen molar-refractivity contribution in [1.29, 1.82) is 0 Å². The van der Waals surface area contributed by atoms with Crippen molar-refractivity contribution in [3.05, 3.63) is 88.5 Å². The van der Waals surface area contributed by atoms with Gasteiger partial charge in [-0.3, -0.25) is 4.79 Å². The van der Waals surface area contributed by atoms with Gasteiger partial charge in [0.15, 0.2) is 28.8 Å². The minimum absolute atomic E-state index is 0.162. The number of rotatable bonds is 8. The lowest BCUT2D eigenvalue weighted by atomic mass is 10.1. The van der Waals surface area contributed by atoms with Crippen molar-refractivity contribution in [2.24, 2.45) is 0 Å². The van der Waals surface area contributed by atoms with E-state index in [0.29, 0.717) is 39.0 Å². The lowest BCUT2D eigenvalue weighted by Crippen LogP contribution is -2.09. The van der Waals surface area contributed by atoms with Crippen LogP contribution in [-0.2, 0) is 0 Å². The largest absolute Gasteiger partial charge is 0.493 e. The molecule has 0 aliphatic rings. The van der Waals surface area contributed by atoms with Crippen LogP contribution in [0.4, 0.5) is 0 Å². The smallest absolute Gasteiger partial charge is 0.343 e. The third-order valence-corrected chi connectivity index (χ3v) is 4.82. The molecule has 0 spiro atoms. The molecule has 7 heteroatoms. The van der Waals surface area contributed by atoms with E-state index >= 15 is 0 Å². The van der Waals surface area contributed by atoms with Gasteiger partial charge >= 0.3 is 5.97 Å². The molecule has 0 heterocycles. The van der Waals surface area contributed by atoms with E-state index in [4.69, 9.17) is 30.5 Å². The molecule has 0 aliphatic carbocycles. The van der Waals surface area contributed by atoms with Gasteiger partial charge in [0.05, 0.1) is 26.9 Å². The Balaban J connectivity index is 1.75. The number of halogens is 1. The molecule has 3 aromatic carbocycles. The van der Waals surface area contributed by atoms with Crippen LogP contribution in [0.2, 0.25) is 5.02 Å². The quantitative estimate of drug-likeness (QED) is 0.195. The Morgan fingerprint density at radius 3 is 1.97 bits per heavy atom. The van der Waals surface area contributed by atoms with Gasteiger partial charge in [0.1, 0.15) is 0 Å². The summed E-state index contributed by atoms with van der Waals surface area (Å²) in [7, 11) is 4.47. The van der Waals surface area contributed by atoms with Crippen molar-refractivity contribution in [1.82, 2.24) is 0 Å². The van der Waals surface area contributed by atoms with E-state index in [0.717, 1.165) is 0 Å². The van der Waals surface area contributed by atoms with E-state index in [-0.39, 0.29) is 11.5 Å². The molecule has 164 valence electrons. The fourth-order valence-corrected chi connectivity index (χ4v) is 3.00. The first-order chi connectivity index (χ1) is 15.4. The topological polar surface area (TPSA) is 71.1 Å². The first-order valence-corrected chi connectivity index (χ1v) is 9.93. The highest BCUT2D eigenvalue weighted by Crippen LogP contribution is 2.31. The summed E-state index contributed by atoms with van der Waals surface area (Å²) in [6, 6.07) is 16.4. The number of ether oxygens (including phenoxy) is 4. The van der Waals surface area contributed by atoms with Crippen molar-refractivity contribution >= 4 is 29.4 Å². The SMILES string of the molecule is COc1ccc(C(=O)Oc2ccc(/C=C/C(=O)c3ccc(Cl)cc3)cc2OC)cc1OC.